The highest BCUT2D eigenvalue weighted by Gasteiger charge is 2.03. The Labute approximate surface area is 84.5 Å². The molecule has 0 aromatic carbocycles. The Morgan fingerprint density at radius 2 is 2.29 bits per heavy atom. The van der Waals surface area contributed by atoms with E-state index in [1.54, 1.807) is 25.2 Å². The van der Waals surface area contributed by atoms with Gasteiger partial charge in [-0.3, -0.25) is 9.48 Å². The van der Waals surface area contributed by atoms with Gasteiger partial charge < -0.3 is 4.90 Å². The van der Waals surface area contributed by atoms with Gasteiger partial charge in [-0.2, -0.15) is 5.10 Å². The highest BCUT2D eigenvalue weighted by atomic mass is 16.2. The summed E-state index contributed by atoms with van der Waals surface area (Å²) >= 11 is 0. The van der Waals surface area contributed by atoms with Crippen molar-refractivity contribution in [1.82, 2.24) is 14.7 Å². The van der Waals surface area contributed by atoms with E-state index in [1.807, 2.05) is 17.7 Å². The fourth-order valence-corrected chi connectivity index (χ4v) is 1.24. The van der Waals surface area contributed by atoms with E-state index in [0.717, 1.165) is 18.7 Å². The van der Waals surface area contributed by atoms with Gasteiger partial charge in [-0.25, -0.2) is 0 Å². The van der Waals surface area contributed by atoms with E-state index in [-0.39, 0.29) is 5.91 Å². The standard InChI is InChI=1S/C10H17N3O/c1-9-6-7-11-13(9)8-4-5-10(14)12(2)3/h6-7H,4-5,8H2,1-3H3. The summed E-state index contributed by atoms with van der Waals surface area (Å²) in [6.45, 7) is 2.83. The molecule has 1 aromatic rings. The van der Waals surface area contributed by atoms with Crippen LogP contribution in [0.3, 0.4) is 0 Å². The van der Waals surface area contributed by atoms with Crippen LogP contribution in [0.15, 0.2) is 12.3 Å². The zero-order valence-electron chi connectivity index (χ0n) is 9.03. The zero-order chi connectivity index (χ0) is 10.6. The molecule has 1 rings (SSSR count). The summed E-state index contributed by atoms with van der Waals surface area (Å²) in [5.41, 5.74) is 1.14. The van der Waals surface area contributed by atoms with Gasteiger partial charge in [0.2, 0.25) is 5.91 Å². The smallest absolute Gasteiger partial charge is 0.222 e. The highest BCUT2D eigenvalue weighted by molar-refractivity contribution is 5.75. The van der Waals surface area contributed by atoms with Gasteiger partial charge in [0.1, 0.15) is 0 Å². The van der Waals surface area contributed by atoms with Gasteiger partial charge in [0, 0.05) is 39.0 Å². The lowest BCUT2D eigenvalue weighted by molar-refractivity contribution is -0.128. The molecular formula is C10H17N3O. The van der Waals surface area contributed by atoms with Crippen LogP contribution in [-0.2, 0) is 11.3 Å². The lowest BCUT2D eigenvalue weighted by Crippen LogP contribution is -2.21. The minimum absolute atomic E-state index is 0.176. The third-order valence-corrected chi connectivity index (χ3v) is 2.19. The van der Waals surface area contributed by atoms with E-state index in [4.69, 9.17) is 0 Å². The fourth-order valence-electron chi connectivity index (χ4n) is 1.24. The molecule has 0 radical (unpaired) electrons. The summed E-state index contributed by atoms with van der Waals surface area (Å²) in [5, 5.41) is 4.15. The first kappa shape index (κ1) is 10.8. The summed E-state index contributed by atoms with van der Waals surface area (Å²) in [6, 6.07) is 1.97. The molecule has 0 saturated heterocycles. The molecule has 14 heavy (non-hydrogen) atoms. The first-order valence-corrected chi connectivity index (χ1v) is 4.80. The van der Waals surface area contributed by atoms with Crippen molar-refractivity contribution in [3.05, 3.63) is 18.0 Å². The number of amides is 1. The zero-order valence-corrected chi connectivity index (χ0v) is 9.03. The van der Waals surface area contributed by atoms with Gasteiger partial charge in [0.05, 0.1) is 0 Å². The molecule has 78 valence electrons. The van der Waals surface area contributed by atoms with Crippen LogP contribution in [0.1, 0.15) is 18.5 Å². The topological polar surface area (TPSA) is 38.1 Å². The SMILES string of the molecule is Cc1ccnn1CCCC(=O)N(C)C. The Morgan fingerprint density at radius 1 is 1.57 bits per heavy atom. The van der Waals surface area contributed by atoms with Crippen LogP contribution in [-0.4, -0.2) is 34.7 Å². The van der Waals surface area contributed by atoms with Crippen molar-refractivity contribution < 1.29 is 4.79 Å². The molecule has 0 saturated carbocycles. The van der Waals surface area contributed by atoms with E-state index >= 15 is 0 Å². The van der Waals surface area contributed by atoms with Crippen LogP contribution in [0.5, 0.6) is 0 Å². The van der Waals surface area contributed by atoms with E-state index in [9.17, 15) is 4.79 Å². The number of aromatic nitrogens is 2. The molecule has 1 amide bonds. The third-order valence-electron chi connectivity index (χ3n) is 2.19. The Kier molecular flexibility index (Phi) is 3.68. The minimum Gasteiger partial charge on any atom is -0.349 e. The lowest BCUT2D eigenvalue weighted by atomic mass is 10.3. The van der Waals surface area contributed by atoms with Crippen molar-refractivity contribution in [2.75, 3.05) is 14.1 Å². The van der Waals surface area contributed by atoms with Crippen molar-refractivity contribution in [3.8, 4) is 0 Å². The summed E-state index contributed by atoms with van der Waals surface area (Å²) in [6.07, 6.45) is 3.22. The molecule has 1 aromatic heterocycles. The molecule has 0 atom stereocenters. The van der Waals surface area contributed by atoms with Crippen molar-refractivity contribution in [2.24, 2.45) is 0 Å². The van der Waals surface area contributed by atoms with Gasteiger partial charge in [0.25, 0.3) is 0 Å². The number of rotatable bonds is 4. The molecular weight excluding hydrogens is 178 g/mol. The molecule has 4 heteroatoms. The molecule has 0 fully saturated rings. The van der Waals surface area contributed by atoms with Crippen LogP contribution in [0, 0.1) is 6.92 Å². The first-order valence-electron chi connectivity index (χ1n) is 4.80. The van der Waals surface area contributed by atoms with Gasteiger partial charge in [-0.05, 0) is 19.4 Å². The number of nitrogens with zero attached hydrogens (tertiary/aromatic N) is 3. The predicted molar refractivity (Wildman–Crippen MR) is 54.9 cm³/mol. The highest BCUT2D eigenvalue weighted by Crippen LogP contribution is 2.00. The quantitative estimate of drug-likeness (QED) is 0.720. The predicted octanol–water partition coefficient (Wildman–Crippen LogP) is 1.06. The van der Waals surface area contributed by atoms with Crippen LogP contribution < -0.4 is 0 Å². The minimum atomic E-state index is 0.176. The summed E-state index contributed by atoms with van der Waals surface area (Å²) < 4.78 is 1.92. The number of hydrogen-bond donors (Lipinski definition) is 0. The molecule has 0 aliphatic heterocycles. The van der Waals surface area contributed by atoms with E-state index in [2.05, 4.69) is 5.10 Å². The molecule has 0 N–H and O–H groups in total. The Hall–Kier alpha value is -1.32. The Morgan fingerprint density at radius 3 is 2.79 bits per heavy atom. The summed E-state index contributed by atoms with van der Waals surface area (Å²) in [7, 11) is 3.56. The van der Waals surface area contributed by atoms with E-state index < -0.39 is 0 Å². The van der Waals surface area contributed by atoms with Crippen molar-refractivity contribution in [1.29, 1.82) is 0 Å². The number of carbonyl (C=O) groups is 1. The normalized spacial score (nSPS) is 10.2. The second-order valence-electron chi connectivity index (χ2n) is 3.59. The van der Waals surface area contributed by atoms with Crippen LogP contribution >= 0.6 is 0 Å². The van der Waals surface area contributed by atoms with Crippen LogP contribution in [0.25, 0.3) is 0 Å². The Balaban J connectivity index is 2.29. The average molecular weight is 195 g/mol. The number of carbonyl (C=O) groups excluding carboxylic acids is 1. The second kappa shape index (κ2) is 4.79. The van der Waals surface area contributed by atoms with Crippen molar-refractivity contribution in [2.45, 2.75) is 26.3 Å². The van der Waals surface area contributed by atoms with Crippen molar-refractivity contribution >= 4 is 5.91 Å². The van der Waals surface area contributed by atoms with E-state index in [1.165, 1.54) is 0 Å². The third kappa shape index (κ3) is 2.87. The van der Waals surface area contributed by atoms with E-state index in [0.29, 0.717) is 6.42 Å². The molecule has 0 bridgehead atoms. The van der Waals surface area contributed by atoms with Crippen LogP contribution in [0.4, 0.5) is 0 Å². The average Bonchev–Trinajstić information content (AvgIpc) is 2.51. The lowest BCUT2D eigenvalue weighted by Gasteiger charge is -2.10. The maximum Gasteiger partial charge on any atom is 0.222 e. The molecule has 4 nitrogen and oxygen atoms in total. The summed E-state index contributed by atoms with van der Waals surface area (Å²) in [4.78, 5) is 12.9. The second-order valence-corrected chi connectivity index (χ2v) is 3.59. The van der Waals surface area contributed by atoms with Gasteiger partial charge in [0.15, 0.2) is 0 Å². The molecule has 1 heterocycles. The van der Waals surface area contributed by atoms with Gasteiger partial charge in [-0.15, -0.1) is 0 Å². The first-order chi connectivity index (χ1) is 6.61. The maximum absolute atomic E-state index is 11.3. The monoisotopic (exact) mass is 195 g/mol. The molecule has 0 spiro atoms. The molecule has 0 unspecified atom stereocenters. The Bertz CT molecular complexity index is 304. The van der Waals surface area contributed by atoms with Gasteiger partial charge in [-0.1, -0.05) is 0 Å². The number of hydrogen-bond acceptors (Lipinski definition) is 2. The maximum atomic E-state index is 11.3. The van der Waals surface area contributed by atoms with Crippen molar-refractivity contribution in [3.63, 3.8) is 0 Å². The number of aryl methyl sites for hydroxylation is 2. The molecule has 0 aliphatic carbocycles. The summed E-state index contributed by atoms with van der Waals surface area (Å²) in [5.74, 6) is 0.176. The van der Waals surface area contributed by atoms with Gasteiger partial charge >= 0.3 is 0 Å². The molecule has 0 aliphatic rings. The largest absolute Gasteiger partial charge is 0.349 e. The fraction of sp³-hybridized carbons (Fsp3) is 0.600. The van der Waals surface area contributed by atoms with Crippen LogP contribution in [0.2, 0.25) is 0 Å².